The van der Waals surface area contributed by atoms with Crippen LogP contribution in [0.4, 0.5) is 23.4 Å². The third kappa shape index (κ3) is 4.64. The highest BCUT2D eigenvalue weighted by atomic mass is 35.5. The minimum absolute atomic E-state index is 0.186. The van der Waals surface area contributed by atoms with Crippen molar-refractivity contribution in [3.63, 3.8) is 0 Å². The number of nitrogens with one attached hydrogen (secondary N) is 1. The summed E-state index contributed by atoms with van der Waals surface area (Å²) >= 11 is 5.63. The fourth-order valence-corrected chi connectivity index (χ4v) is 3.22. The Bertz CT molecular complexity index is 1050. The van der Waals surface area contributed by atoms with E-state index in [-0.39, 0.29) is 5.82 Å². The summed E-state index contributed by atoms with van der Waals surface area (Å²) in [5.41, 5.74) is 0.183. The minimum atomic E-state index is -3.18. The van der Waals surface area contributed by atoms with E-state index in [9.17, 15) is 22.4 Å². The van der Waals surface area contributed by atoms with Gasteiger partial charge in [-0.2, -0.15) is 10.2 Å². The number of carbonyl (C=O) groups excluding carboxylic acids is 1. The predicted molar refractivity (Wildman–Crippen MR) is 103 cm³/mol. The maximum absolute atomic E-state index is 13.3. The smallest absolute Gasteiger partial charge is 0.283 e. The maximum Gasteiger partial charge on any atom is 0.283 e. The van der Waals surface area contributed by atoms with Crippen molar-refractivity contribution >= 4 is 23.3 Å². The molecule has 0 fully saturated rings. The first-order chi connectivity index (χ1) is 14.2. The van der Waals surface area contributed by atoms with Crippen LogP contribution in [0.5, 0.6) is 0 Å². The number of rotatable bonds is 7. The molecule has 3 rings (SSSR count). The average Bonchev–Trinajstić information content (AvgIpc) is 3.25. The molecule has 1 atom stereocenters. The third-order valence-electron chi connectivity index (χ3n) is 4.39. The van der Waals surface area contributed by atoms with E-state index in [1.807, 2.05) is 31.2 Å². The van der Waals surface area contributed by atoms with Crippen LogP contribution in [0.1, 0.15) is 48.3 Å². The summed E-state index contributed by atoms with van der Waals surface area (Å²) in [6, 6.07) is 8.03. The molecule has 1 unspecified atom stereocenters. The number of carbonyl (C=O) groups is 1. The summed E-state index contributed by atoms with van der Waals surface area (Å²) in [6.45, 7) is 3.69. The van der Waals surface area contributed by atoms with E-state index >= 15 is 0 Å². The number of alkyl halides is 4. The molecule has 0 aliphatic carbocycles. The highest BCUT2D eigenvalue weighted by Gasteiger charge is 2.32. The van der Waals surface area contributed by atoms with Gasteiger partial charge in [0.25, 0.3) is 12.9 Å². The lowest BCUT2D eigenvalue weighted by molar-refractivity contribution is -0.119. The van der Waals surface area contributed by atoms with Crippen LogP contribution in [0.3, 0.4) is 0 Å². The average molecular weight is 444 g/mol. The lowest BCUT2D eigenvalue weighted by Gasteiger charge is -2.14. The second kappa shape index (κ2) is 8.86. The van der Waals surface area contributed by atoms with Gasteiger partial charge in [0.15, 0.2) is 5.82 Å². The first kappa shape index (κ1) is 21.8. The van der Waals surface area contributed by atoms with Gasteiger partial charge in [0.1, 0.15) is 17.4 Å². The molecule has 0 saturated heterocycles. The first-order valence-electron chi connectivity index (χ1n) is 8.91. The fraction of sp³-hybridized carbons (Fsp3) is 0.316. The molecule has 3 aromatic rings. The second-order valence-electron chi connectivity index (χ2n) is 6.68. The van der Waals surface area contributed by atoms with Crippen molar-refractivity contribution in [2.24, 2.45) is 0 Å². The van der Waals surface area contributed by atoms with Crippen LogP contribution in [-0.2, 0) is 11.3 Å². The van der Waals surface area contributed by atoms with Gasteiger partial charge in [-0.1, -0.05) is 41.4 Å². The van der Waals surface area contributed by atoms with Crippen molar-refractivity contribution in [1.29, 1.82) is 0 Å². The van der Waals surface area contributed by atoms with Gasteiger partial charge in [0, 0.05) is 12.3 Å². The molecule has 160 valence electrons. The Kier molecular flexibility index (Phi) is 6.45. The van der Waals surface area contributed by atoms with Crippen molar-refractivity contribution in [1.82, 2.24) is 19.6 Å². The number of anilines is 1. The molecule has 11 heteroatoms. The molecule has 2 aromatic heterocycles. The van der Waals surface area contributed by atoms with Crippen LogP contribution in [0.25, 0.3) is 0 Å². The SMILES string of the molecule is Cc1cccc(Cn2ccc(NC(=O)C(C)n3nc(C(F)F)c(Cl)c3C(F)F)n2)c1. The van der Waals surface area contributed by atoms with Crippen molar-refractivity contribution in [3.8, 4) is 0 Å². The fourth-order valence-electron chi connectivity index (χ4n) is 2.93. The Balaban J connectivity index is 1.75. The second-order valence-corrected chi connectivity index (χ2v) is 7.06. The van der Waals surface area contributed by atoms with Gasteiger partial charge in [-0.15, -0.1) is 0 Å². The summed E-state index contributed by atoms with van der Waals surface area (Å²) in [5.74, 6) is -0.567. The Morgan fingerprint density at radius 1 is 1.17 bits per heavy atom. The van der Waals surface area contributed by atoms with Crippen LogP contribution >= 0.6 is 11.6 Å². The highest BCUT2D eigenvalue weighted by Crippen LogP contribution is 2.36. The van der Waals surface area contributed by atoms with E-state index in [1.165, 1.54) is 13.0 Å². The highest BCUT2D eigenvalue weighted by molar-refractivity contribution is 6.32. The topological polar surface area (TPSA) is 64.7 Å². The molecule has 0 aliphatic rings. The Morgan fingerprint density at radius 2 is 1.90 bits per heavy atom. The normalized spacial score (nSPS) is 12.6. The van der Waals surface area contributed by atoms with E-state index < -0.39 is 41.2 Å². The molecular formula is C19H18ClF4N5O. The van der Waals surface area contributed by atoms with E-state index in [0.29, 0.717) is 11.2 Å². The summed E-state index contributed by atoms with van der Waals surface area (Å²) in [6.07, 6.45) is -4.68. The molecule has 0 bridgehead atoms. The van der Waals surface area contributed by atoms with Crippen molar-refractivity contribution in [3.05, 3.63) is 64.1 Å². The number of aryl methyl sites for hydroxylation is 1. The molecule has 0 saturated carbocycles. The minimum Gasteiger partial charge on any atom is -0.307 e. The molecule has 1 aromatic carbocycles. The zero-order chi connectivity index (χ0) is 22.0. The Morgan fingerprint density at radius 3 is 2.53 bits per heavy atom. The molecule has 0 spiro atoms. The van der Waals surface area contributed by atoms with Gasteiger partial charge in [0.05, 0.1) is 11.6 Å². The van der Waals surface area contributed by atoms with Gasteiger partial charge in [-0.3, -0.25) is 9.48 Å². The maximum atomic E-state index is 13.3. The van der Waals surface area contributed by atoms with Crippen molar-refractivity contribution in [2.45, 2.75) is 39.3 Å². The zero-order valence-corrected chi connectivity index (χ0v) is 16.7. The number of amides is 1. The van der Waals surface area contributed by atoms with Gasteiger partial charge >= 0.3 is 0 Å². The monoisotopic (exact) mass is 443 g/mol. The van der Waals surface area contributed by atoms with Gasteiger partial charge in [-0.05, 0) is 19.4 Å². The van der Waals surface area contributed by atoms with E-state index in [2.05, 4.69) is 15.5 Å². The van der Waals surface area contributed by atoms with Crippen LogP contribution < -0.4 is 5.32 Å². The number of nitrogens with zero attached hydrogens (tertiary/aromatic N) is 4. The summed E-state index contributed by atoms with van der Waals surface area (Å²) in [4.78, 5) is 12.5. The Labute approximate surface area is 174 Å². The van der Waals surface area contributed by atoms with Crippen molar-refractivity contribution < 1.29 is 22.4 Å². The lowest BCUT2D eigenvalue weighted by Crippen LogP contribution is -2.26. The summed E-state index contributed by atoms with van der Waals surface area (Å²) < 4.78 is 54.7. The number of aromatic nitrogens is 4. The van der Waals surface area contributed by atoms with E-state index in [0.717, 1.165) is 11.1 Å². The van der Waals surface area contributed by atoms with Crippen LogP contribution in [0.2, 0.25) is 5.02 Å². The number of hydrogen-bond acceptors (Lipinski definition) is 3. The molecular weight excluding hydrogens is 426 g/mol. The standard InChI is InChI=1S/C19H18ClF4N5O/c1-10-4-3-5-12(8-10)9-28-7-6-13(26-28)25-19(30)11(2)29-16(18(23)24)14(20)15(27-29)17(21)22/h3-8,11,17-18H,9H2,1-2H3,(H,25,26,30). The van der Waals surface area contributed by atoms with E-state index in [4.69, 9.17) is 11.6 Å². The molecule has 0 radical (unpaired) electrons. The molecule has 1 amide bonds. The molecule has 1 N–H and O–H groups in total. The largest absolute Gasteiger partial charge is 0.307 e. The van der Waals surface area contributed by atoms with Crippen LogP contribution in [-0.4, -0.2) is 25.5 Å². The third-order valence-corrected chi connectivity index (χ3v) is 4.78. The van der Waals surface area contributed by atoms with Crippen LogP contribution in [0.15, 0.2) is 36.5 Å². The zero-order valence-electron chi connectivity index (χ0n) is 16.0. The van der Waals surface area contributed by atoms with Gasteiger partial charge in [-0.25, -0.2) is 22.2 Å². The molecule has 6 nitrogen and oxygen atoms in total. The number of benzene rings is 1. The Hall–Kier alpha value is -2.88. The van der Waals surface area contributed by atoms with Crippen molar-refractivity contribution in [2.75, 3.05) is 5.32 Å². The van der Waals surface area contributed by atoms with E-state index in [1.54, 1.807) is 10.9 Å². The number of halogens is 5. The van der Waals surface area contributed by atoms with Gasteiger partial charge in [0.2, 0.25) is 5.91 Å². The summed E-state index contributed by atoms with van der Waals surface area (Å²) in [7, 11) is 0. The quantitative estimate of drug-likeness (QED) is 0.513. The molecule has 2 heterocycles. The summed E-state index contributed by atoms with van der Waals surface area (Å²) in [5, 5.41) is 9.28. The molecule has 30 heavy (non-hydrogen) atoms. The first-order valence-corrected chi connectivity index (χ1v) is 9.29. The predicted octanol–water partition coefficient (Wildman–Crippen LogP) is 5.16. The van der Waals surface area contributed by atoms with Crippen LogP contribution in [0, 0.1) is 6.92 Å². The van der Waals surface area contributed by atoms with Gasteiger partial charge < -0.3 is 5.32 Å². The lowest BCUT2D eigenvalue weighted by atomic mass is 10.1. The molecule has 0 aliphatic heterocycles. The number of hydrogen-bond donors (Lipinski definition) is 1.